The molecule has 2 atom stereocenters. The highest BCUT2D eigenvalue weighted by molar-refractivity contribution is 7.96. The van der Waals surface area contributed by atoms with Crippen LogP contribution in [-0.2, 0) is 14.6 Å². The zero-order chi connectivity index (χ0) is 24.7. The number of hydrogen-bond donors (Lipinski definition) is 0. The number of sulfone groups is 1. The van der Waals surface area contributed by atoms with E-state index in [1.54, 1.807) is 36.2 Å². The van der Waals surface area contributed by atoms with Gasteiger partial charge in [0.05, 0.1) is 9.77 Å². The van der Waals surface area contributed by atoms with E-state index in [2.05, 4.69) is 4.90 Å². The second-order valence-corrected chi connectivity index (χ2v) is 12.5. The smallest absolute Gasteiger partial charge is 0.267 e. The summed E-state index contributed by atoms with van der Waals surface area (Å²) in [5.41, 5.74) is 1.63. The van der Waals surface area contributed by atoms with E-state index in [4.69, 9.17) is 0 Å². The summed E-state index contributed by atoms with van der Waals surface area (Å²) in [6, 6.07) is 10.4. The van der Waals surface area contributed by atoms with Crippen LogP contribution in [0.2, 0.25) is 0 Å². The molecular formula is C26H31N3O4S2. The third kappa shape index (κ3) is 4.29. The number of carbonyl (C=O) groups excluding carboxylic acids is 2. The van der Waals surface area contributed by atoms with Gasteiger partial charge in [-0.1, -0.05) is 36.6 Å². The lowest BCUT2D eigenvalue weighted by atomic mass is 9.78. The standard InChI is InChI=1S/C26H31N3O4S2/c1-18-9-11-19(12-10-18)35(32,33)24-23(20-6-3-4-7-21(20)27(2)26(24)31)28-13-15-29(16-14-28)25(30)22-8-5-17-34-22/h5,8-12,17,20-21H,3-4,6-7,13-16H2,1-2H3. The molecule has 0 bridgehead atoms. The number of hydrogen-bond acceptors (Lipinski definition) is 6. The zero-order valence-corrected chi connectivity index (χ0v) is 21.8. The summed E-state index contributed by atoms with van der Waals surface area (Å²) in [7, 11) is -2.27. The number of thiophene rings is 1. The summed E-state index contributed by atoms with van der Waals surface area (Å²) in [6.07, 6.45) is 3.79. The van der Waals surface area contributed by atoms with Crippen molar-refractivity contribution in [2.45, 2.75) is 43.5 Å². The van der Waals surface area contributed by atoms with E-state index in [-0.39, 0.29) is 27.7 Å². The molecule has 0 radical (unpaired) electrons. The van der Waals surface area contributed by atoms with Gasteiger partial charge in [-0.15, -0.1) is 11.3 Å². The maximum absolute atomic E-state index is 13.9. The molecule has 1 aromatic carbocycles. The lowest BCUT2D eigenvalue weighted by molar-refractivity contribution is -0.130. The van der Waals surface area contributed by atoms with Crippen LogP contribution in [0.15, 0.2) is 57.3 Å². The van der Waals surface area contributed by atoms with Crippen LogP contribution in [0.4, 0.5) is 0 Å². The SMILES string of the molecule is Cc1ccc(S(=O)(=O)C2=C(N3CCN(C(=O)c4cccs4)CC3)C3CCCCC3N(C)C2=O)cc1. The Balaban J connectivity index is 1.53. The van der Waals surface area contributed by atoms with E-state index < -0.39 is 15.7 Å². The van der Waals surface area contributed by atoms with Crippen molar-refractivity contribution in [3.05, 3.63) is 62.8 Å². The van der Waals surface area contributed by atoms with E-state index in [1.165, 1.54) is 11.3 Å². The highest BCUT2D eigenvalue weighted by Gasteiger charge is 2.47. The molecule has 35 heavy (non-hydrogen) atoms. The van der Waals surface area contributed by atoms with Gasteiger partial charge in [-0.2, -0.15) is 0 Å². The van der Waals surface area contributed by atoms with E-state index in [0.29, 0.717) is 36.8 Å². The van der Waals surface area contributed by atoms with E-state index in [1.807, 2.05) is 29.3 Å². The molecule has 2 aliphatic heterocycles. The number of carbonyl (C=O) groups is 2. The average Bonchev–Trinajstić information content (AvgIpc) is 3.41. The fraction of sp³-hybridized carbons (Fsp3) is 0.462. The molecule has 1 aliphatic carbocycles. The van der Waals surface area contributed by atoms with Gasteiger partial charge < -0.3 is 14.7 Å². The predicted molar refractivity (Wildman–Crippen MR) is 136 cm³/mol. The maximum atomic E-state index is 13.9. The summed E-state index contributed by atoms with van der Waals surface area (Å²) in [4.78, 5) is 32.8. The van der Waals surface area contributed by atoms with Gasteiger partial charge in [0.25, 0.3) is 11.8 Å². The monoisotopic (exact) mass is 513 g/mol. The molecular weight excluding hydrogens is 482 g/mol. The van der Waals surface area contributed by atoms with Crippen LogP contribution in [0.25, 0.3) is 0 Å². The molecule has 7 nitrogen and oxygen atoms in total. The lowest BCUT2D eigenvalue weighted by Gasteiger charge is -2.48. The number of fused-ring (bicyclic) bond motifs is 1. The van der Waals surface area contributed by atoms with Crippen molar-refractivity contribution in [2.24, 2.45) is 5.92 Å². The first-order chi connectivity index (χ1) is 16.8. The van der Waals surface area contributed by atoms with Crippen molar-refractivity contribution in [1.82, 2.24) is 14.7 Å². The number of piperazine rings is 1. The van der Waals surface area contributed by atoms with Crippen LogP contribution in [-0.4, -0.2) is 74.2 Å². The highest BCUT2D eigenvalue weighted by atomic mass is 32.2. The van der Waals surface area contributed by atoms with Crippen molar-refractivity contribution in [1.29, 1.82) is 0 Å². The molecule has 3 aliphatic rings. The Kier molecular flexibility index (Phi) is 6.48. The van der Waals surface area contributed by atoms with Gasteiger partial charge in [0.15, 0.2) is 4.91 Å². The quantitative estimate of drug-likeness (QED) is 0.625. The van der Waals surface area contributed by atoms with Crippen LogP contribution in [0, 0.1) is 12.8 Å². The molecule has 9 heteroatoms. The molecule has 5 rings (SSSR count). The van der Waals surface area contributed by atoms with Gasteiger partial charge in [-0.3, -0.25) is 9.59 Å². The number of likely N-dealkylation sites (N-methyl/N-ethyl adjacent to an activating group) is 1. The molecule has 1 saturated heterocycles. The molecule has 1 aromatic heterocycles. The molecule has 2 fully saturated rings. The number of benzene rings is 1. The molecule has 2 amide bonds. The molecule has 0 spiro atoms. The normalized spacial score (nSPS) is 23.5. The predicted octanol–water partition coefficient (Wildman–Crippen LogP) is 3.53. The second kappa shape index (κ2) is 9.43. The summed E-state index contributed by atoms with van der Waals surface area (Å²) >= 11 is 1.43. The third-order valence-electron chi connectivity index (χ3n) is 7.56. The minimum atomic E-state index is -4.01. The van der Waals surface area contributed by atoms with Crippen LogP contribution >= 0.6 is 11.3 Å². The van der Waals surface area contributed by atoms with Gasteiger partial charge in [0, 0.05) is 50.9 Å². The number of nitrogens with zero attached hydrogens (tertiary/aromatic N) is 3. The Labute approximate surface area is 210 Å². The molecule has 186 valence electrons. The van der Waals surface area contributed by atoms with E-state index in [0.717, 1.165) is 31.2 Å². The highest BCUT2D eigenvalue weighted by Crippen LogP contribution is 2.43. The van der Waals surface area contributed by atoms with Gasteiger partial charge in [-0.25, -0.2) is 8.42 Å². The molecule has 0 N–H and O–H groups in total. The van der Waals surface area contributed by atoms with Gasteiger partial charge in [0.1, 0.15) is 0 Å². The largest absolute Gasteiger partial charge is 0.370 e. The minimum Gasteiger partial charge on any atom is -0.370 e. The van der Waals surface area contributed by atoms with Crippen molar-refractivity contribution in [2.75, 3.05) is 33.2 Å². The van der Waals surface area contributed by atoms with Crippen molar-refractivity contribution >= 4 is 33.0 Å². The number of rotatable bonds is 4. The number of amides is 2. The molecule has 2 aromatic rings. The van der Waals surface area contributed by atoms with Gasteiger partial charge in [0.2, 0.25) is 9.84 Å². The fourth-order valence-corrected chi connectivity index (χ4v) is 8.01. The van der Waals surface area contributed by atoms with Crippen LogP contribution < -0.4 is 0 Å². The Hall–Kier alpha value is -2.65. The molecule has 3 heterocycles. The van der Waals surface area contributed by atoms with E-state index >= 15 is 0 Å². The Morgan fingerprint density at radius 3 is 2.34 bits per heavy atom. The molecule has 2 unspecified atom stereocenters. The Morgan fingerprint density at radius 2 is 1.69 bits per heavy atom. The van der Waals surface area contributed by atoms with Crippen LogP contribution in [0.3, 0.4) is 0 Å². The van der Waals surface area contributed by atoms with Crippen LogP contribution in [0.5, 0.6) is 0 Å². The molecule has 1 saturated carbocycles. The Bertz CT molecular complexity index is 1240. The summed E-state index contributed by atoms with van der Waals surface area (Å²) in [5.74, 6) is -0.418. The van der Waals surface area contributed by atoms with Crippen molar-refractivity contribution in [3.8, 4) is 0 Å². The average molecular weight is 514 g/mol. The second-order valence-electron chi connectivity index (χ2n) is 9.66. The van der Waals surface area contributed by atoms with Crippen LogP contribution in [0.1, 0.15) is 40.9 Å². The summed E-state index contributed by atoms with van der Waals surface area (Å²) in [6.45, 7) is 3.93. The Morgan fingerprint density at radius 1 is 1.00 bits per heavy atom. The first-order valence-electron chi connectivity index (χ1n) is 12.2. The third-order valence-corrected chi connectivity index (χ3v) is 10.2. The zero-order valence-electron chi connectivity index (χ0n) is 20.1. The van der Waals surface area contributed by atoms with Gasteiger partial charge in [-0.05, 0) is 43.3 Å². The topological polar surface area (TPSA) is 78.0 Å². The van der Waals surface area contributed by atoms with Crippen molar-refractivity contribution < 1.29 is 18.0 Å². The first kappa shape index (κ1) is 24.1. The fourth-order valence-electron chi connectivity index (χ4n) is 5.66. The van der Waals surface area contributed by atoms with E-state index in [9.17, 15) is 18.0 Å². The first-order valence-corrected chi connectivity index (χ1v) is 14.6. The number of aryl methyl sites for hydroxylation is 1. The van der Waals surface area contributed by atoms with Gasteiger partial charge >= 0.3 is 0 Å². The summed E-state index contributed by atoms with van der Waals surface area (Å²) < 4.78 is 27.8. The lowest BCUT2D eigenvalue weighted by Crippen LogP contribution is -2.56. The van der Waals surface area contributed by atoms with Crippen molar-refractivity contribution in [3.63, 3.8) is 0 Å². The maximum Gasteiger partial charge on any atom is 0.267 e. The minimum absolute atomic E-state index is 0.00833. The summed E-state index contributed by atoms with van der Waals surface area (Å²) in [5, 5.41) is 1.89.